The van der Waals surface area contributed by atoms with E-state index < -0.39 is 29.7 Å². The second-order valence-corrected chi connectivity index (χ2v) is 9.60. The van der Waals surface area contributed by atoms with Crippen molar-refractivity contribution in [2.45, 2.75) is 50.5 Å². The summed E-state index contributed by atoms with van der Waals surface area (Å²) in [4.78, 5) is 27.4. The molecule has 4 fully saturated rings. The van der Waals surface area contributed by atoms with Crippen LogP contribution in [0.25, 0.3) is 22.4 Å². The minimum absolute atomic E-state index is 0.0516. The van der Waals surface area contributed by atoms with Crippen molar-refractivity contribution in [3.05, 3.63) is 35.3 Å². The van der Waals surface area contributed by atoms with Crippen LogP contribution < -0.4 is 5.32 Å². The summed E-state index contributed by atoms with van der Waals surface area (Å²) in [5, 5.41) is 23.0. The highest BCUT2D eigenvalue weighted by molar-refractivity contribution is 5.91. The minimum Gasteiger partial charge on any atom is -0.481 e. The summed E-state index contributed by atoms with van der Waals surface area (Å²) < 4.78 is 29.7. The average molecular weight is 464 g/mol. The number of hydrogen-bond acceptors (Lipinski definition) is 6. The first-order chi connectivity index (χ1) is 16.5. The van der Waals surface area contributed by atoms with E-state index in [4.69, 9.17) is 0 Å². The van der Waals surface area contributed by atoms with Crippen molar-refractivity contribution in [2.24, 2.45) is 17.8 Å². The Kier molecular flexibility index (Phi) is 4.76. The van der Waals surface area contributed by atoms with Crippen molar-refractivity contribution in [1.29, 1.82) is 5.26 Å². The number of nitrogens with zero attached hydrogens (tertiary/aromatic N) is 4. The lowest BCUT2D eigenvalue weighted by Gasteiger charge is -2.47. The number of aromatic nitrogens is 4. The zero-order valence-corrected chi connectivity index (χ0v) is 18.2. The van der Waals surface area contributed by atoms with Crippen molar-refractivity contribution in [1.82, 2.24) is 19.9 Å². The summed E-state index contributed by atoms with van der Waals surface area (Å²) in [7, 11) is 0. The highest BCUT2D eigenvalue weighted by Gasteiger charge is 2.48. The second-order valence-electron chi connectivity index (χ2n) is 9.60. The van der Waals surface area contributed by atoms with E-state index in [0.29, 0.717) is 11.2 Å². The van der Waals surface area contributed by atoms with Crippen LogP contribution in [0.2, 0.25) is 0 Å². The molecule has 3 heterocycles. The number of carbonyl (C=O) groups is 1. The molecule has 4 aliphatic rings. The van der Waals surface area contributed by atoms with Crippen molar-refractivity contribution in [2.75, 3.05) is 5.32 Å². The van der Waals surface area contributed by atoms with Gasteiger partial charge >= 0.3 is 5.97 Å². The molecular formula is C24H22F2N6O2. The molecule has 34 heavy (non-hydrogen) atoms. The lowest BCUT2D eigenvalue weighted by molar-refractivity contribution is -0.148. The molecule has 8 nitrogen and oxygen atoms in total. The second kappa shape index (κ2) is 7.72. The molecule has 3 N–H and O–H groups in total. The zero-order valence-electron chi connectivity index (χ0n) is 18.2. The van der Waals surface area contributed by atoms with Gasteiger partial charge in [-0.3, -0.25) is 4.79 Å². The number of nitrogens with one attached hydrogen (secondary N) is 2. The molecule has 2 bridgehead atoms. The number of carboxylic acid groups (broad SMARTS) is 1. The molecule has 3 aromatic rings. The van der Waals surface area contributed by atoms with E-state index in [0.717, 1.165) is 44.7 Å². The Labute approximate surface area is 193 Å². The number of anilines is 1. The fraction of sp³-hybridized carbons (Fsp3) is 0.458. The SMILES string of the molecule is N#Cc1c(-c2c[nH]c3ncc(F)nc23)nc(N[C@@H]2C3CCC(CC3)[C@H]2C(=O)O)c(F)c1C1CC1. The van der Waals surface area contributed by atoms with Gasteiger partial charge in [-0.15, -0.1) is 0 Å². The fourth-order valence-corrected chi connectivity index (χ4v) is 5.96. The van der Waals surface area contributed by atoms with Crippen molar-refractivity contribution in [3.63, 3.8) is 0 Å². The van der Waals surface area contributed by atoms with Crippen LogP contribution in [-0.2, 0) is 4.79 Å². The molecule has 0 spiro atoms. The number of H-pyrrole nitrogens is 1. The third kappa shape index (κ3) is 3.22. The number of fused-ring (bicyclic) bond motifs is 4. The number of pyridine rings is 1. The minimum atomic E-state index is -0.883. The van der Waals surface area contributed by atoms with Crippen LogP contribution in [0.1, 0.15) is 55.6 Å². The molecule has 0 saturated heterocycles. The predicted molar refractivity (Wildman–Crippen MR) is 118 cm³/mol. The van der Waals surface area contributed by atoms with E-state index in [1.807, 2.05) is 0 Å². The van der Waals surface area contributed by atoms with Crippen LogP contribution in [0.3, 0.4) is 0 Å². The zero-order chi connectivity index (χ0) is 23.6. The molecule has 0 aromatic carbocycles. The van der Waals surface area contributed by atoms with Gasteiger partial charge in [-0.25, -0.2) is 19.3 Å². The van der Waals surface area contributed by atoms with E-state index >= 15 is 4.39 Å². The molecule has 10 heteroatoms. The maximum atomic E-state index is 15.8. The quantitative estimate of drug-likeness (QED) is 0.512. The number of aromatic amines is 1. The predicted octanol–water partition coefficient (Wildman–Crippen LogP) is 4.35. The van der Waals surface area contributed by atoms with Gasteiger partial charge in [0.15, 0.2) is 17.3 Å². The Hall–Kier alpha value is -3.61. The first-order valence-corrected chi connectivity index (χ1v) is 11.6. The maximum Gasteiger partial charge on any atom is 0.308 e. The van der Waals surface area contributed by atoms with Crippen LogP contribution in [-0.4, -0.2) is 37.1 Å². The van der Waals surface area contributed by atoms with Crippen LogP contribution in [0, 0.1) is 40.8 Å². The van der Waals surface area contributed by atoms with E-state index in [-0.39, 0.29) is 45.9 Å². The topological polar surface area (TPSA) is 128 Å². The standard InChI is InChI=1S/C24H22F2N6O2/c25-15-9-29-23-21(30-15)14(8-28-23)20-13(7-27)16(10-1-2-10)18(26)22(32-20)31-19-12-5-3-11(4-6-12)17(19)24(33)34/h8-12,17,19H,1-6H2,(H,28,29)(H,31,32)(H,33,34)/t11?,12?,17-,19-/m1/s1. The van der Waals surface area contributed by atoms with Gasteiger partial charge in [0.1, 0.15) is 11.6 Å². The van der Waals surface area contributed by atoms with Crippen LogP contribution >= 0.6 is 0 Å². The van der Waals surface area contributed by atoms with Gasteiger partial charge in [0.05, 0.1) is 23.4 Å². The molecule has 4 aliphatic carbocycles. The first kappa shape index (κ1) is 21.0. The molecule has 4 saturated carbocycles. The number of nitriles is 1. The Balaban J connectivity index is 1.51. The Bertz CT molecular complexity index is 1350. The largest absolute Gasteiger partial charge is 0.481 e. The third-order valence-electron chi connectivity index (χ3n) is 7.69. The van der Waals surface area contributed by atoms with Crippen molar-refractivity contribution >= 4 is 23.0 Å². The van der Waals surface area contributed by atoms with E-state index in [1.165, 1.54) is 6.20 Å². The van der Waals surface area contributed by atoms with Gasteiger partial charge in [0.2, 0.25) is 5.95 Å². The normalized spacial score (nSPS) is 25.9. The molecule has 174 valence electrons. The van der Waals surface area contributed by atoms with Gasteiger partial charge in [-0.2, -0.15) is 9.65 Å². The Morgan fingerprint density at radius 1 is 1.15 bits per heavy atom. The smallest absolute Gasteiger partial charge is 0.308 e. The summed E-state index contributed by atoms with van der Waals surface area (Å²) in [6.07, 6.45) is 7.54. The molecular weight excluding hydrogens is 442 g/mol. The molecule has 0 aliphatic heterocycles. The highest BCUT2D eigenvalue weighted by atomic mass is 19.1. The van der Waals surface area contributed by atoms with Gasteiger partial charge in [0, 0.05) is 23.4 Å². The van der Waals surface area contributed by atoms with Gasteiger partial charge in [-0.05, 0) is 56.3 Å². The summed E-state index contributed by atoms with van der Waals surface area (Å²) in [6.45, 7) is 0. The lowest BCUT2D eigenvalue weighted by atomic mass is 9.61. The van der Waals surface area contributed by atoms with Crippen LogP contribution in [0.15, 0.2) is 12.4 Å². The summed E-state index contributed by atoms with van der Waals surface area (Å²) >= 11 is 0. The monoisotopic (exact) mass is 464 g/mol. The third-order valence-corrected chi connectivity index (χ3v) is 7.69. The Morgan fingerprint density at radius 2 is 1.88 bits per heavy atom. The lowest BCUT2D eigenvalue weighted by Crippen LogP contribution is -2.51. The summed E-state index contributed by atoms with van der Waals surface area (Å²) in [5.41, 5.74) is 1.43. The summed E-state index contributed by atoms with van der Waals surface area (Å²) in [5.74, 6) is -2.89. The number of halogens is 2. The number of carboxylic acids is 1. The average Bonchev–Trinajstić information content (AvgIpc) is 3.59. The van der Waals surface area contributed by atoms with Crippen molar-refractivity contribution < 1.29 is 18.7 Å². The van der Waals surface area contributed by atoms with Gasteiger partial charge in [-0.1, -0.05) is 0 Å². The van der Waals surface area contributed by atoms with Crippen LogP contribution in [0.4, 0.5) is 14.6 Å². The van der Waals surface area contributed by atoms with Gasteiger partial charge in [0.25, 0.3) is 0 Å². The maximum absolute atomic E-state index is 15.8. The first-order valence-electron chi connectivity index (χ1n) is 11.6. The molecule has 0 amide bonds. The number of aliphatic carboxylic acids is 1. The van der Waals surface area contributed by atoms with Crippen molar-refractivity contribution in [3.8, 4) is 17.3 Å². The molecule has 0 unspecified atom stereocenters. The Morgan fingerprint density at radius 3 is 2.56 bits per heavy atom. The highest BCUT2D eigenvalue weighted by Crippen LogP contribution is 2.49. The van der Waals surface area contributed by atoms with E-state index in [9.17, 15) is 19.6 Å². The molecule has 2 atom stereocenters. The number of rotatable bonds is 5. The molecule has 3 aromatic heterocycles. The van der Waals surface area contributed by atoms with E-state index in [1.54, 1.807) is 0 Å². The molecule has 7 rings (SSSR count). The fourth-order valence-electron chi connectivity index (χ4n) is 5.96. The van der Waals surface area contributed by atoms with Gasteiger partial charge < -0.3 is 15.4 Å². The van der Waals surface area contributed by atoms with Crippen LogP contribution in [0.5, 0.6) is 0 Å². The number of hydrogen-bond donors (Lipinski definition) is 3. The van der Waals surface area contributed by atoms with E-state index in [2.05, 4.69) is 31.3 Å². The summed E-state index contributed by atoms with van der Waals surface area (Å²) in [6, 6.07) is 1.65. The molecule has 0 radical (unpaired) electrons.